The Bertz CT molecular complexity index is 319. The van der Waals surface area contributed by atoms with Gasteiger partial charge in [-0.3, -0.25) is 0 Å². The van der Waals surface area contributed by atoms with Crippen molar-refractivity contribution in [1.29, 1.82) is 0 Å². The summed E-state index contributed by atoms with van der Waals surface area (Å²) in [6.45, 7) is 0. The summed E-state index contributed by atoms with van der Waals surface area (Å²) >= 11 is 9.40. The van der Waals surface area contributed by atoms with E-state index in [1.54, 1.807) is 0 Å². The zero-order chi connectivity index (χ0) is 11.4. The highest BCUT2D eigenvalue weighted by atomic mass is 79.9. The van der Waals surface area contributed by atoms with Crippen LogP contribution in [0.25, 0.3) is 0 Å². The summed E-state index contributed by atoms with van der Waals surface area (Å²) in [5.41, 5.74) is 1.20. The smallest absolute Gasteiger partial charge is 0.0925 e. The van der Waals surface area contributed by atoms with Crippen LogP contribution in [0.1, 0.15) is 37.4 Å². The molecule has 1 atom stereocenters. The minimum atomic E-state index is 0.153. The fraction of sp³-hybridized carbons (Fsp3) is 0.538. The number of hydrogen-bond acceptors (Lipinski definition) is 1. The van der Waals surface area contributed by atoms with Crippen LogP contribution in [-0.4, -0.2) is 11.4 Å². The van der Waals surface area contributed by atoms with Crippen molar-refractivity contribution in [3.63, 3.8) is 0 Å². The second-order valence-corrected chi connectivity index (χ2v) is 5.32. The van der Waals surface area contributed by atoms with Gasteiger partial charge in [0.2, 0.25) is 0 Å². The van der Waals surface area contributed by atoms with Gasteiger partial charge in [0, 0.05) is 10.4 Å². The minimum Gasteiger partial charge on any atom is -0.369 e. The molecular formula is C13H16BrClO. The molecule has 0 bridgehead atoms. The third-order valence-electron chi connectivity index (χ3n) is 3.04. The van der Waals surface area contributed by atoms with E-state index >= 15 is 0 Å². The zero-order valence-electron chi connectivity index (χ0n) is 9.16. The monoisotopic (exact) mass is 302 g/mol. The predicted molar refractivity (Wildman–Crippen MR) is 71.3 cm³/mol. The number of halogens is 2. The van der Waals surface area contributed by atoms with Crippen LogP contribution in [0.4, 0.5) is 0 Å². The molecule has 1 nitrogen and oxygen atoms in total. The van der Waals surface area contributed by atoms with Crippen LogP contribution in [-0.2, 0) is 4.74 Å². The summed E-state index contributed by atoms with van der Waals surface area (Å²) in [4.78, 5) is 0. The highest BCUT2D eigenvalue weighted by molar-refractivity contribution is 9.09. The molecule has 0 radical (unpaired) electrons. The number of benzene rings is 1. The molecule has 1 unspecified atom stereocenters. The molecule has 0 aromatic heterocycles. The molecule has 0 N–H and O–H groups in total. The Morgan fingerprint density at radius 3 is 2.44 bits per heavy atom. The lowest BCUT2D eigenvalue weighted by molar-refractivity contribution is 0.00434. The number of alkyl halides is 1. The van der Waals surface area contributed by atoms with E-state index in [2.05, 4.69) is 15.9 Å². The zero-order valence-corrected chi connectivity index (χ0v) is 11.5. The second kappa shape index (κ2) is 6.04. The standard InChI is InChI=1S/C13H16BrClO/c14-9-13(16-12-3-1-2-4-12)10-5-7-11(15)8-6-10/h5-8,12-13H,1-4,9H2. The summed E-state index contributed by atoms with van der Waals surface area (Å²) in [5.74, 6) is 0. The van der Waals surface area contributed by atoms with E-state index < -0.39 is 0 Å². The minimum absolute atomic E-state index is 0.153. The molecule has 3 heteroatoms. The van der Waals surface area contributed by atoms with E-state index in [1.165, 1.54) is 31.2 Å². The van der Waals surface area contributed by atoms with Crippen molar-refractivity contribution in [2.45, 2.75) is 37.9 Å². The van der Waals surface area contributed by atoms with Gasteiger partial charge in [0.05, 0.1) is 12.2 Å². The van der Waals surface area contributed by atoms with E-state index in [1.807, 2.05) is 24.3 Å². The van der Waals surface area contributed by atoms with Crippen LogP contribution in [0.15, 0.2) is 24.3 Å². The van der Waals surface area contributed by atoms with E-state index in [4.69, 9.17) is 16.3 Å². The molecule has 0 amide bonds. The van der Waals surface area contributed by atoms with E-state index in [-0.39, 0.29) is 6.10 Å². The lowest BCUT2D eigenvalue weighted by Crippen LogP contribution is -2.14. The first kappa shape index (κ1) is 12.4. The summed E-state index contributed by atoms with van der Waals surface area (Å²) in [5, 5.41) is 1.61. The summed E-state index contributed by atoms with van der Waals surface area (Å²) < 4.78 is 6.10. The lowest BCUT2D eigenvalue weighted by atomic mass is 10.1. The van der Waals surface area contributed by atoms with Gasteiger partial charge in [-0.15, -0.1) is 0 Å². The maximum atomic E-state index is 6.10. The molecule has 1 saturated carbocycles. The van der Waals surface area contributed by atoms with Crippen LogP contribution in [0, 0.1) is 0 Å². The summed E-state index contributed by atoms with van der Waals surface area (Å²) in [6.07, 6.45) is 5.62. The first-order valence-electron chi connectivity index (χ1n) is 5.76. The van der Waals surface area contributed by atoms with Crippen molar-refractivity contribution in [2.24, 2.45) is 0 Å². The maximum Gasteiger partial charge on any atom is 0.0925 e. The van der Waals surface area contributed by atoms with Gasteiger partial charge in [0.25, 0.3) is 0 Å². The van der Waals surface area contributed by atoms with Gasteiger partial charge in [-0.25, -0.2) is 0 Å². The largest absolute Gasteiger partial charge is 0.369 e. The molecule has 1 aromatic rings. The Hall–Kier alpha value is -0.0500. The Labute approximate surface area is 110 Å². The van der Waals surface area contributed by atoms with Crippen LogP contribution in [0.5, 0.6) is 0 Å². The predicted octanol–water partition coefficient (Wildman–Crippen LogP) is 4.74. The van der Waals surface area contributed by atoms with Crippen LogP contribution < -0.4 is 0 Å². The Balaban J connectivity index is 2.00. The van der Waals surface area contributed by atoms with Gasteiger partial charge in [-0.05, 0) is 30.5 Å². The average molecular weight is 304 g/mol. The van der Waals surface area contributed by atoms with Crippen molar-refractivity contribution in [1.82, 2.24) is 0 Å². The fourth-order valence-corrected chi connectivity index (χ4v) is 2.79. The molecule has 2 rings (SSSR count). The number of ether oxygens (including phenoxy) is 1. The second-order valence-electron chi connectivity index (χ2n) is 4.24. The quantitative estimate of drug-likeness (QED) is 0.730. The molecule has 1 fully saturated rings. The lowest BCUT2D eigenvalue weighted by Gasteiger charge is -2.20. The molecule has 1 aliphatic carbocycles. The van der Waals surface area contributed by atoms with Crippen molar-refractivity contribution in [2.75, 3.05) is 5.33 Å². The van der Waals surface area contributed by atoms with E-state index in [9.17, 15) is 0 Å². The molecule has 1 aromatic carbocycles. The van der Waals surface area contributed by atoms with E-state index in [0.717, 1.165) is 10.4 Å². The summed E-state index contributed by atoms with van der Waals surface area (Å²) in [7, 11) is 0. The Morgan fingerprint density at radius 2 is 1.88 bits per heavy atom. The molecule has 0 heterocycles. The first-order chi connectivity index (χ1) is 7.79. The normalized spacial score (nSPS) is 18.9. The molecule has 16 heavy (non-hydrogen) atoms. The number of rotatable bonds is 4. The van der Waals surface area contributed by atoms with E-state index in [0.29, 0.717) is 6.10 Å². The molecule has 0 saturated heterocycles. The average Bonchev–Trinajstić information content (AvgIpc) is 2.80. The molecular weight excluding hydrogens is 287 g/mol. The third-order valence-corrected chi connectivity index (χ3v) is 3.88. The SMILES string of the molecule is Clc1ccc(C(CBr)OC2CCCC2)cc1. The van der Waals surface area contributed by atoms with Crippen LogP contribution >= 0.6 is 27.5 Å². The molecule has 88 valence electrons. The third kappa shape index (κ3) is 3.22. The van der Waals surface area contributed by atoms with Gasteiger partial charge in [0.1, 0.15) is 0 Å². The van der Waals surface area contributed by atoms with Crippen molar-refractivity contribution >= 4 is 27.5 Å². The Kier molecular flexibility index (Phi) is 4.68. The maximum absolute atomic E-state index is 6.10. The van der Waals surface area contributed by atoms with Crippen LogP contribution in [0.2, 0.25) is 5.02 Å². The molecule has 0 spiro atoms. The number of hydrogen-bond donors (Lipinski definition) is 0. The van der Waals surface area contributed by atoms with Gasteiger partial charge < -0.3 is 4.74 Å². The van der Waals surface area contributed by atoms with Crippen molar-refractivity contribution in [3.8, 4) is 0 Å². The molecule has 0 aliphatic heterocycles. The van der Waals surface area contributed by atoms with Gasteiger partial charge in [0.15, 0.2) is 0 Å². The van der Waals surface area contributed by atoms with Crippen molar-refractivity contribution < 1.29 is 4.74 Å². The van der Waals surface area contributed by atoms with Gasteiger partial charge in [-0.1, -0.05) is 52.5 Å². The highest BCUT2D eigenvalue weighted by Crippen LogP contribution is 2.29. The first-order valence-corrected chi connectivity index (χ1v) is 7.26. The van der Waals surface area contributed by atoms with Crippen LogP contribution in [0.3, 0.4) is 0 Å². The van der Waals surface area contributed by atoms with Gasteiger partial charge in [-0.2, -0.15) is 0 Å². The van der Waals surface area contributed by atoms with Crippen molar-refractivity contribution in [3.05, 3.63) is 34.9 Å². The molecule has 1 aliphatic rings. The fourth-order valence-electron chi connectivity index (χ4n) is 2.14. The topological polar surface area (TPSA) is 9.23 Å². The van der Waals surface area contributed by atoms with Gasteiger partial charge >= 0.3 is 0 Å². The Morgan fingerprint density at radius 1 is 1.25 bits per heavy atom. The summed E-state index contributed by atoms with van der Waals surface area (Å²) in [6, 6.07) is 7.93. The highest BCUT2D eigenvalue weighted by Gasteiger charge is 2.20.